The first-order valence-electron chi connectivity index (χ1n) is 11.6. The summed E-state index contributed by atoms with van der Waals surface area (Å²) in [5, 5.41) is 8.17. The van der Waals surface area contributed by atoms with E-state index in [0.717, 1.165) is 6.26 Å². The molecule has 0 aliphatic rings. The zero-order valence-corrected chi connectivity index (χ0v) is 22.0. The van der Waals surface area contributed by atoms with E-state index < -0.39 is 16.1 Å². The highest BCUT2D eigenvalue weighted by Gasteiger charge is 2.17. The van der Waals surface area contributed by atoms with Crippen LogP contribution in [0.5, 0.6) is 17.2 Å². The zero-order valence-electron chi connectivity index (χ0n) is 21.2. The summed E-state index contributed by atoms with van der Waals surface area (Å²) in [6, 6.07) is 7.43. The lowest BCUT2D eigenvalue weighted by Gasteiger charge is -2.18. The average Bonchev–Trinajstić information content (AvgIpc) is 2.80. The van der Waals surface area contributed by atoms with Crippen molar-refractivity contribution in [1.82, 2.24) is 10.6 Å². The molecule has 0 saturated heterocycles. The maximum absolute atomic E-state index is 12.6. The molecular weight excluding hydrogens is 488 g/mol. The van der Waals surface area contributed by atoms with Crippen molar-refractivity contribution in [3.63, 3.8) is 0 Å². The second-order valence-corrected chi connectivity index (χ2v) is 9.26. The lowest BCUT2D eigenvalue weighted by molar-refractivity contribution is 0.0952. The topological polar surface area (TPSA) is 144 Å². The second kappa shape index (κ2) is 13.4. The first-order chi connectivity index (χ1) is 17.1. The molecule has 0 atom stereocenters. The van der Waals surface area contributed by atoms with Crippen LogP contribution in [0.25, 0.3) is 0 Å². The fraction of sp³-hybridized carbons (Fsp3) is 0.417. The van der Waals surface area contributed by atoms with Crippen molar-refractivity contribution in [3.05, 3.63) is 41.5 Å². The summed E-state index contributed by atoms with van der Waals surface area (Å²) in [4.78, 5) is 25.0. The molecule has 3 amide bonds. The Bertz CT molecular complexity index is 1170. The van der Waals surface area contributed by atoms with E-state index in [1.54, 1.807) is 38.1 Å². The molecule has 0 unspecified atom stereocenters. The van der Waals surface area contributed by atoms with Crippen molar-refractivity contribution in [3.8, 4) is 17.2 Å². The number of hydrogen-bond donors (Lipinski definition) is 4. The lowest BCUT2D eigenvalue weighted by Crippen LogP contribution is -2.29. The number of carbonyl (C=O) groups is 2. The van der Waals surface area contributed by atoms with Crippen LogP contribution in [0.3, 0.4) is 0 Å². The third kappa shape index (κ3) is 8.52. The van der Waals surface area contributed by atoms with Crippen LogP contribution in [0.2, 0.25) is 0 Å². The number of anilines is 2. The molecule has 12 heteroatoms. The molecule has 2 aromatic carbocycles. The first-order valence-corrected chi connectivity index (χ1v) is 13.5. The number of urea groups is 1. The molecule has 0 heterocycles. The maximum Gasteiger partial charge on any atom is 0.319 e. The summed E-state index contributed by atoms with van der Waals surface area (Å²) >= 11 is 0. The quantitative estimate of drug-likeness (QED) is 0.316. The van der Waals surface area contributed by atoms with E-state index >= 15 is 0 Å². The summed E-state index contributed by atoms with van der Waals surface area (Å²) in [6.07, 6.45) is 1.04. The van der Waals surface area contributed by atoms with Gasteiger partial charge in [-0.3, -0.25) is 9.52 Å². The van der Waals surface area contributed by atoms with Gasteiger partial charge in [-0.2, -0.15) is 0 Å². The van der Waals surface area contributed by atoms with Gasteiger partial charge in [-0.25, -0.2) is 13.2 Å². The van der Waals surface area contributed by atoms with Crippen molar-refractivity contribution in [2.24, 2.45) is 0 Å². The smallest absolute Gasteiger partial charge is 0.319 e. The molecule has 2 aromatic rings. The van der Waals surface area contributed by atoms with Crippen LogP contribution >= 0.6 is 0 Å². The van der Waals surface area contributed by atoms with Crippen LogP contribution in [0, 0.1) is 0 Å². The standard InChI is InChI=1S/C24H34N4O7S/c1-6-25-23(29)18-13-17(10-11-20(18)33-7-2)27-24(30)26-15-16-12-22(35-9-4)19(28-36(5,31)32)14-21(16)34-8-3/h10-14,28H,6-9,15H2,1-5H3,(H,25,29)(H2,26,27,30). The van der Waals surface area contributed by atoms with Crippen molar-refractivity contribution in [2.75, 3.05) is 42.7 Å². The Morgan fingerprint density at radius 2 is 1.47 bits per heavy atom. The number of ether oxygens (including phenoxy) is 3. The molecule has 0 saturated carbocycles. The normalized spacial score (nSPS) is 10.8. The van der Waals surface area contributed by atoms with Crippen LogP contribution < -0.4 is 34.9 Å². The van der Waals surface area contributed by atoms with Crippen LogP contribution in [-0.2, 0) is 16.6 Å². The maximum atomic E-state index is 12.6. The molecule has 0 radical (unpaired) electrons. The first kappa shape index (κ1) is 28.6. The third-order valence-corrected chi connectivity index (χ3v) is 5.21. The van der Waals surface area contributed by atoms with E-state index in [1.807, 2.05) is 13.8 Å². The highest BCUT2D eigenvalue weighted by atomic mass is 32.2. The summed E-state index contributed by atoms with van der Waals surface area (Å²) in [6.45, 7) is 8.76. The number of benzene rings is 2. The number of nitrogens with one attached hydrogen (secondary N) is 4. The van der Waals surface area contributed by atoms with Crippen LogP contribution in [-0.4, -0.2) is 53.0 Å². The Morgan fingerprint density at radius 3 is 2.08 bits per heavy atom. The highest BCUT2D eigenvalue weighted by Crippen LogP contribution is 2.34. The van der Waals surface area contributed by atoms with E-state index in [4.69, 9.17) is 14.2 Å². The summed E-state index contributed by atoms with van der Waals surface area (Å²) in [5.41, 5.74) is 1.54. The minimum atomic E-state index is -3.55. The largest absolute Gasteiger partial charge is 0.493 e. The molecule has 4 N–H and O–H groups in total. The fourth-order valence-corrected chi connectivity index (χ4v) is 3.82. The lowest BCUT2D eigenvalue weighted by atomic mass is 10.1. The van der Waals surface area contributed by atoms with Gasteiger partial charge in [-0.1, -0.05) is 0 Å². The molecule has 36 heavy (non-hydrogen) atoms. The molecule has 0 spiro atoms. The predicted molar refractivity (Wildman–Crippen MR) is 139 cm³/mol. The molecule has 11 nitrogen and oxygen atoms in total. The van der Waals surface area contributed by atoms with Crippen LogP contribution in [0.1, 0.15) is 43.6 Å². The fourth-order valence-electron chi connectivity index (χ4n) is 3.26. The summed E-state index contributed by atoms with van der Waals surface area (Å²) in [7, 11) is -3.55. The van der Waals surface area contributed by atoms with Crippen molar-refractivity contribution in [1.29, 1.82) is 0 Å². The Hall–Kier alpha value is -3.67. The number of amides is 3. The van der Waals surface area contributed by atoms with Gasteiger partial charge in [0.25, 0.3) is 5.91 Å². The second-order valence-electron chi connectivity index (χ2n) is 7.51. The Kier molecular flexibility index (Phi) is 10.7. The molecule has 198 valence electrons. The number of carbonyl (C=O) groups excluding carboxylic acids is 2. The van der Waals surface area contributed by atoms with Gasteiger partial charge in [0.15, 0.2) is 0 Å². The van der Waals surface area contributed by atoms with Gasteiger partial charge in [0.1, 0.15) is 17.2 Å². The minimum absolute atomic E-state index is 0.0700. The van der Waals surface area contributed by atoms with Gasteiger partial charge < -0.3 is 30.2 Å². The zero-order chi connectivity index (χ0) is 26.7. The summed E-state index contributed by atoms with van der Waals surface area (Å²) in [5.74, 6) is 0.813. The van der Waals surface area contributed by atoms with E-state index in [1.165, 1.54) is 6.07 Å². The Balaban J connectivity index is 2.22. The SMILES string of the molecule is CCNC(=O)c1cc(NC(=O)NCc2cc(OCC)c(NS(C)(=O)=O)cc2OCC)ccc1OCC. The third-order valence-electron chi connectivity index (χ3n) is 4.62. The van der Waals surface area contributed by atoms with Crippen molar-refractivity contribution < 1.29 is 32.2 Å². The van der Waals surface area contributed by atoms with Gasteiger partial charge >= 0.3 is 6.03 Å². The molecule has 0 fully saturated rings. The van der Waals surface area contributed by atoms with Crippen LogP contribution in [0.4, 0.5) is 16.2 Å². The number of rotatable bonds is 13. The van der Waals surface area contributed by atoms with Gasteiger partial charge in [-0.15, -0.1) is 0 Å². The molecule has 0 aliphatic heterocycles. The van der Waals surface area contributed by atoms with E-state index in [9.17, 15) is 18.0 Å². The van der Waals surface area contributed by atoms with Gasteiger partial charge in [-0.05, 0) is 52.0 Å². The molecule has 0 bridgehead atoms. The predicted octanol–water partition coefficient (Wildman–Crippen LogP) is 3.33. The Morgan fingerprint density at radius 1 is 0.833 bits per heavy atom. The minimum Gasteiger partial charge on any atom is -0.493 e. The van der Waals surface area contributed by atoms with Crippen molar-refractivity contribution >= 4 is 33.3 Å². The molecule has 0 aromatic heterocycles. The van der Waals surface area contributed by atoms with Crippen molar-refractivity contribution in [2.45, 2.75) is 34.2 Å². The number of sulfonamides is 1. The van der Waals surface area contributed by atoms with Gasteiger partial charge in [0, 0.05) is 30.4 Å². The average molecular weight is 523 g/mol. The van der Waals surface area contributed by atoms with Crippen LogP contribution in [0.15, 0.2) is 30.3 Å². The number of hydrogen-bond acceptors (Lipinski definition) is 7. The van der Waals surface area contributed by atoms with Gasteiger partial charge in [0.2, 0.25) is 10.0 Å². The van der Waals surface area contributed by atoms with E-state index in [-0.39, 0.29) is 18.1 Å². The van der Waals surface area contributed by atoms with Gasteiger partial charge in [0.05, 0.1) is 37.3 Å². The van der Waals surface area contributed by atoms with E-state index in [0.29, 0.717) is 60.4 Å². The highest BCUT2D eigenvalue weighted by molar-refractivity contribution is 7.92. The molecule has 0 aliphatic carbocycles. The summed E-state index contributed by atoms with van der Waals surface area (Å²) < 4.78 is 42.7. The monoisotopic (exact) mass is 522 g/mol. The Labute approximate surface area is 211 Å². The molecule has 2 rings (SSSR count). The molecular formula is C24H34N4O7S. The van der Waals surface area contributed by atoms with E-state index in [2.05, 4.69) is 20.7 Å².